The molecule has 0 saturated carbocycles. The summed E-state index contributed by atoms with van der Waals surface area (Å²) in [6.45, 7) is -5.22. The normalized spacial score (nSPS) is 27.2. The van der Waals surface area contributed by atoms with Crippen LogP contribution in [0, 0.1) is 0 Å². The molecule has 2 unspecified atom stereocenters. The van der Waals surface area contributed by atoms with Crippen LogP contribution in [0.3, 0.4) is 0 Å². The predicted octanol–water partition coefficient (Wildman–Crippen LogP) is -6.26. The molecule has 16 N–H and O–H groups in total. The Morgan fingerprint density at radius 2 is 1.00 bits per heavy atom. The number of ether oxygens (including phenoxy) is 2. The van der Waals surface area contributed by atoms with Gasteiger partial charge in [-0.25, -0.2) is 27.4 Å². The molecule has 0 aliphatic carbocycles. The van der Waals surface area contributed by atoms with Crippen LogP contribution in [0.5, 0.6) is 0 Å². The first kappa shape index (κ1) is 49.9. The van der Waals surface area contributed by atoms with Gasteiger partial charge < -0.3 is 70.7 Å². The van der Waals surface area contributed by atoms with Gasteiger partial charge in [0.1, 0.15) is 48.8 Å². The van der Waals surface area contributed by atoms with Crippen LogP contribution in [0.25, 0.3) is 22.3 Å². The molecule has 64 heavy (non-hydrogen) atoms. The highest BCUT2D eigenvalue weighted by molar-refractivity contribution is 7.48. The number of H-pyrrole nitrogens is 2. The maximum Gasteiger partial charge on any atom is 0.472 e. The van der Waals surface area contributed by atoms with Gasteiger partial charge in [0.05, 0.1) is 40.5 Å². The summed E-state index contributed by atoms with van der Waals surface area (Å²) in [7, 11) is -19.5. The first-order valence-corrected chi connectivity index (χ1v) is 23.9. The highest BCUT2D eigenvalue weighted by Gasteiger charge is 2.50. The number of hydrogen-bond acceptors (Lipinski definition) is 22. The second-order valence-corrected chi connectivity index (χ2v) is 19.3. The van der Waals surface area contributed by atoms with E-state index in [4.69, 9.17) is 39.0 Å². The molecule has 0 amide bonds. The topological polar surface area (TPSA) is 506 Å². The summed E-state index contributed by atoms with van der Waals surface area (Å²) in [5.74, 6) is -0.614. The zero-order chi connectivity index (χ0) is 47.4. The fraction of sp³-hybridized carbons (Fsp3) is 0.615. The maximum atomic E-state index is 12.9. The largest absolute Gasteiger partial charge is 0.472 e. The van der Waals surface area contributed by atoms with E-state index in [9.17, 15) is 77.6 Å². The van der Waals surface area contributed by atoms with Crippen molar-refractivity contribution < 1.29 is 114 Å². The standard InChI is InChI=1S/C26H40N10O24P4/c1-33-7-35(19-13(33)21(41)31-25(27)29-19)23-17(39)15(37)11(57-23)5-55-63(49,50)53-3-9(59-61(43,44)45)10(60-62(46,47)48)4-54-64(51,52)56-6-12-16(38)18(40)24(58-12)36-8-34(2)14-20(36)30-26(28)32-22(14)42/h7-12,15-18,23-24,37-40H,3-6H2,1-2H3,(H10-2,27,28,29,30,31,32,41,42,43,44,45,46,47,48,49,50,51,52)/p+2/t9-,10-,11+,12+,15+,16+,17+,18+,23+,24+/m0/s1. The second-order valence-electron chi connectivity index (χ2n) is 14.0. The van der Waals surface area contributed by atoms with E-state index in [1.165, 1.54) is 35.9 Å². The minimum absolute atomic E-state index is 0.0174. The Balaban J connectivity index is 1.09. The highest BCUT2D eigenvalue weighted by atomic mass is 31.2. The number of nitrogens with zero attached hydrogens (tertiary/aromatic N) is 6. The van der Waals surface area contributed by atoms with Gasteiger partial charge >= 0.3 is 42.6 Å². The van der Waals surface area contributed by atoms with Gasteiger partial charge in [-0.2, -0.15) is 0 Å². The van der Waals surface area contributed by atoms with Crippen molar-refractivity contribution in [2.24, 2.45) is 14.1 Å². The van der Waals surface area contributed by atoms with E-state index < -0.39 is 130 Å². The number of aromatic nitrogens is 8. The first-order valence-electron chi connectivity index (χ1n) is 17.8. The molecule has 6 rings (SSSR count). The van der Waals surface area contributed by atoms with Crippen LogP contribution in [0.1, 0.15) is 12.5 Å². The molecule has 38 heteroatoms. The van der Waals surface area contributed by atoms with E-state index in [0.717, 1.165) is 9.13 Å². The van der Waals surface area contributed by atoms with Crippen molar-refractivity contribution in [2.45, 2.75) is 61.3 Å². The van der Waals surface area contributed by atoms with Crippen molar-refractivity contribution in [1.29, 1.82) is 0 Å². The SMILES string of the molecule is Cn1c[n+]([C@@H]2O[C@H](COP(=O)(O)OC[C@H](OP(=O)(O)O)[C@H](COP(=O)(O)OC[C@H]3O[C@@H]([n+]4cn(C)c5c(=O)[nH]c(N)nc54)[C@H](O)[C@@H]3O)OP(=O)(O)O)[C@@H](O)[C@H]2O)c2nc(N)[nH]c(=O)c21. The Kier molecular flexibility index (Phi) is 14.5. The minimum atomic E-state index is -5.75. The summed E-state index contributed by atoms with van der Waals surface area (Å²) in [4.78, 5) is 96.2. The smallest absolute Gasteiger partial charge is 0.387 e. The van der Waals surface area contributed by atoms with Crippen LogP contribution in [0.15, 0.2) is 22.2 Å². The van der Waals surface area contributed by atoms with Gasteiger partial charge in [-0.1, -0.05) is 9.97 Å². The number of aliphatic hydroxyl groups is 4. The Bertz CT molecular complexity index is 2500. The lowest BCUT2D eigenvalue weighted by Crippen LogP contribution is -2.46. The van der Waals surface area contributed by atoms with Crippen LogP contribution in [-0.2, 0) is 69.0 Å². The van der Waals surface area contributed by atoms with E-state index in [1.54, 1.807) is 0 Å². The third-order valence-corrected chi connectivity index (χ3v) is 12.4. The summed E-state index contributed by atoms with van der Waals surface area (Å²) < 4.78 is 93.5. The Morgan fingerprint density at radius 3 is 1.33 bits per heavy atom. The summed E-state index contributed by atoms with van der Waals surface area (Å²) >= 11 is 0. The summed E-state index contributed by atoms with van der Waals surface area (Å²) in [5, 5.41) is 42.8. The average molecular weight is 1000 g/mol. The third kappa shape index (κ3) is 11.4. The molecular weight excluding hydrogens is 960 g/mol. The monoisotopic (exact) mass is 1000 g/mol. The van der Waals surface area contributed by atoms with Gasteiger partial charge in [-0.3, -0.25) is 55.8 Å². The van der Waals surface area contributed by atoms with Gasteiger partial charge in [0.25, 0.3) is 23.0 Å². The van der Waals surface area contributed by atoms with Crippen LogP contribution in [0.2, 0.25) is 0 Å². The number of aliphatic hydroxyl groups excluding tert-OH is 4. The van der Waals surface area contributed by atoms with Gasteiger partial charge in [0.15, 0.2) is 12.7 Å². The second kappa shape index (κ2) is 18.6. The zero-order valence-corrected chi connectivity index (χ0v) is 36.1. The number of nitrogen functional groups attached to an aromatic ring is 2. The van der Waals surface area contributed by atoms with Crippen molar-refractivity contribution in [3.8, 4) is 0 Å². The number of nitrogens with one attached hydrogen (secondary N) is 2. The van der Waals surface area contributed by atoms with Crippen molar-refractivity contribution >= 4 is 65.5 Å². The molecule has 2 fully saturated rings. The molecule has 6 heterocycles. The number of anilines is 2. The van der Waals surface area contributed by atoms with E-state index >= 15 is 0 Å². The Hall–Kier alpha value is -3.50. The Morgan fingerprint density at radius 1 is 0.656 bits per heavy atom. The molecule has 0 spiro atoms. The number of phosphoric ester groups is 4. The first-order chi connectivity index (χ1) is 29.5. The number of aromatic amines is 2. The lowest BCUT2D eigenvalue weighted by molar-refractivity contribution is -0.746. The number of hydrogen-bond donors (Lipinski definition) is 14. The Labute approximate surface area is 354 Å². The fourth-order valence-corrected chi connectivity index (χ4v) is 9.20. The molecule has 0 aromatic carbocycles. The van der Waals surface area contributed by atoms with Crippen molar-refractivity contribution in [2.75, 3.05) is 37.9 Å². The van der Waals surface area contributed by atoms with Crippen LogP contribution >= 0.6 is 31.3 Å². The molecule has 0 bridgehead atoms. The average Bonchev–Trinajstić information content (AvgIpc) is 3.85. The zero-order valence-electron chi connectivity index (χ0n) is 32.6. The third-order valence-electron chi connectivity index (χ3n) is 9.37. The predicted molar refractivity (Wildman–Crippen MR) is 201 cm³/mol. The molecule has 2 aliphatic rings. The summed E-state index contributed by atoms with van der Waals surface area (Å²) in [5.41, 5.74) is 9.72. The van der Waals surface area contributed by atoms with Crippen LogP contribution < -0.4 is 31.7 Å². The number of nitrogens with two attached hydrogens (primary N) is 2. The van der Waals surface area contributed by atoms with Gasteiger partial charge in [-0.15, -0.1) is 0 Å². The fourth-order valence-electron chi connectivity index (χ4n) is 6.61. The molecule has 12 atom stereocenters. The number of imidazole rings is 2. The van der Waals surface area contributed by atoms with Crippen molar-refractivity contribution in [1.82, 2.24) is 29.1 Å². The van der Waals surface area contributed by atoms with Gasteiger partial charge in [0, 0.05) is 0 Å². The number of rotatable bonds is 19. The summed E-state index contributed by atoms with van der Waals surface area (Å²) in [6, 6.07) is 0. The van der Waals surface area contributed by atoms with Gasteiger partial charge in [0.2, 0.25) is 23.5 Å². The maximum absolute atomic E-state index is 12.9. The molecular formula is C26H42N10O24P4+2. The molecule has 2 saturated heterocycles. The van der Waals surface area contributed by atoms with Crippen molar-refractivity contribution in [3.05, 3.63) is 33.4 Å². The van der Waals surface area contributed by atoms with Crippen molar-refractivity contribution in [3.63, 3.8) is 0 Å². The number of fused-ring (bicyclic) bond motifs is 2. The van der Waals surface area contributed by atoms with Crippen LogP contribution in [0.4, 0.5) is 11.9 Å². The molecule has 0 radical (unpaired) electrons. The molecule has 34 nitrogen and oxygen atoms in total. The lowest BCUT2D eigenvalue weighted by atomic mass is 10.1. The number of phosphoric acid groups is 4. The van der Waals surface area contributed by atoms with E-state index in [1.807, 2.05) is 0 Å². The highest BCUT2D eigenvalue weighted by Crippen LogP contribution is 2.49. The minimum Gasteiger partial charge on any atom is -0.387 e. The lowest BCUT2D eigenvalue weighted by Gasteiger charge is -2.28. The van der Waals surface area contributed by atoms with E-state index in [0.29, 0.717) is 0 Å². The quantitative estimate of drug-likeness (QED) is 0.0307. The number of aryl methyl sites for hydroxylation is 2. The summed E-state index contributed by atoms with van der Waals surface area (Å²) in [6.07, 6.45) is -16.0. The molecule has 2 aliphatic heterocycles. The molecule has 358 valence electrons. The van der Waals surface area contributed by atoms with Crippen LogP contribution in [-0.4, -0.2) is 154 Å². The molecule has 4 aromatic heterocycles. The van der Waals surface area contributed by atoms with E-state index in [-0.39, 0.29) is 34.2 Å². The van der Waals surface area contributed by atoms with Gasteiger partial charge in [-0.05, 0) is 0 Å². The van der Waals surface area contributed by atoms with E-state index in [2.05, 4.69) is 29.0 Å². The molecule has 4 aromatic rings.